The fourth-order valence-electron chi connectivity index (χ4n) is 3.98. The Balaban J connectivity index is 1.43. The standard InChI is InChI=1S/C26H33Cl3N4O4/c1-2-20(16-34)31-25(35)17-37-24-14-19(27)4-5-21(24)26(36)30-7-8-32-9-11-33(12-10-32)15-18-3-6-22(28)23(29)13-18/h3-6,13-14,20,34H,2,7-12,15-17H2,1H3,(H,30,36)(H,31,35). The quantitative estimate of drug-likeness (QED) is 0.361. The van der Waals surface area contributed by atoms with E-state index in [4.69, 9.17) is 39.5 Å². The van der Waals surface area contributed by atoms with Crippen molar-refractivity contribution in [3.8, 4) is 5.75 Å². The normalized spacial score (nSPS) is 15.3. The van der Waals surface area contributed by atoms with Crippen molar-refractivity contribution in [2.45, 2.75) is 25.9 Å². The summed E-state index contributed by atoms with van der Waals surface area (Å²) in [6.07, 6.45) is 0.597. The van der Waals surface area contributed by atoms with Gasteiger partial charge in [0, 0.05) is 50.8 Å². The number of nitrogens with zero attached hydrogens (tertiary/aromatic N) is 2. The van der Waals surface area contributed by atoms with Crippen molar-refractivity contribution in [2.24, 2.45) is 0 Å². The van der Waals surface area contributed by atoms with E-state index in [2.05, 4.69) is 20.4 Å². The number of hydrogen-bond donors (Lipinski definition) is 3. The van der Waals surface area contributed by atoms with Crippen molar-refractivity contribution < 1.29 is 19.4 Å². The molecule has 1 saturated heterocycles. The number of benzene rings is 2. The van der Waals surface area contributed by atoms with Crippen LogP contribution in [0.2, 0.25) is 15.1 Å². The van der Waals surface area contributed by atoms with Crippen LogP contribution in [0.1, 0.15) is 29.3 Å². The summed E-state index contributed by atoms with van der Waals surface area (Å²) in [5, 5.41) is 16.4. The highest BCUT2D eigenvalue weighted by atomic mass is 35.5. The molecule has 1 aliphatic heterocycles. The number of nitrogens with one attached hydrogen (secondary N) is 2. The number of hydrogen-bond acceptors (Lipinski definition) is 6. The lowest BCUT2D eigenvalue weighted by Crippen LogP contribution is -2.48. The number of ether oxygens (including phenoxy) is 1. The number of carbonyl (C=O) groups excluding carboxylic acids is 2. The predicted molar refractivity (Wildman–Crippen MR) is 147 cm³/mol. The number of halogens is 3. The van der Waals surface area contributed by atoms with Crippen molar-refractivity contribution in [2.75, 3.05) is 52.5 Å². The van der Waals surface area contributed by atoms with Crippen LogP contribution in [-0.2, 0) is 11.3 Å². The maximum absolute atomic E-state index is 12.8. The summed E-state index contributed by atoms with van der Waals surface area (Å²) < 4.78 is 5.59. The third kappa shape index (κ3) is 9.32. The monoisotopic (exact) mass is 570 g/mol. The van der Waals surface area contributed by atoms with E-state index in [9.17, 15) is 14.7 Å². The topological polar surface area (TPSA) is 94.1 Å². The fourth-order valence-corrected chi connectivity index (χ4v) is 4.47. The molecule has 2 amide bonds. The average Bonchev–Trinajstić information content (AvgIpc) is 2.89. The van der Waals surface area contributed by atoms with Crippen LogP contribution in [0.25, 0.3) is 0 Å². The Bertz CT molecular complexity index is 1060. The molecule has 0 saturated carbocycles. The van der Waals surface area contributed by atoms with Crippen LogP contribution in [0.5, 0.6) is 5.75 Å². The number of aliphatic hydroxyl groups is 1. The molecule has 0 aliphatic carbocycles. The molecule has 1 aliphatic rings. The first-order valence-electron chi connectivity index (χ1n) is 12.3. The third-order valence-electron chi connectivity index (χ3n) is 6.19. The zero-order valence-corrected chi connectivity index (χ0v) is 23.1. The van der Waals surface area contributed by atoms with Crippen LogP contribution in [0.4, 0.5) is 0 Å². The predicted octanol–water partition coefficient (Wildman–Crippen LogP) is 3.46. The first-order valence-corrected chi connectivity index (χ1v) is 13.4. The van der Waals surface area contributed by atoms with Gasteiger partial charge in [-0.2, -0.15) is 0 Å². The van der Waals surface area contributed by atoms with Gasteiger partial charge < -0.3 is 20.5 Å². The molecule has 1 fully saturated rings. The van der Waals surface area contributed by atoms with Crippen molar-refractivity contribution >= 4 is 46.6 Å². The molecule has 11 heteroatoms. The molecule has 1 heterocycles. The van der Waals surface area contributed by atoms with E-state index < -0.39 is 0 Å². The molecule has 0 aromatic heterocycles. The molecule has 2 aromatic rings. The van der Waals surface area contributed by atoms with E-state index in [0.29, 0.717) is 33.6 Å². The minimum absolute atomic E-state index is 0.153. The fraction of sp³-hybridized carbons (Fsp3) is 0.462. The average molecular weight is 572 g/mol. The summed E-state index contributed by atoms with van der Waals surface area (Å²) in [5.74, 6) is -0.453. The molecule has 202 valence electrons. The molecule has 0 radical (unpaired) electrons. The first kappa shape index (κ1) is 29.5. The molecule has 0 spiro atoms. The summed E-state index contributed by atoms with van der Waals surface area (Å²) in [6, 6.07) is 10.1. The van der Waals surface area contributed by atoms with Crippen LogP contribution in [0.3, 0.4) is 0 Å². The maximum atomic E-state index is 12.8. The summed E-state index contributed by atoms with van der Waals surface area (Å²) >= 11 is 18.2. The Kier molecular flexibility index (Phi) is 11.8. The zero-order chi connectivity index (χ0) is 26.8. The van der Waals surface area contributed by atoms with Gasteiger partial charge >= 0.3 is 0 Å². The second-order valence-corrected chi connectivity index (χ2v) is 10.2. The minimum Gasteiger partial charge on any atom is -0.483 e. The second-order valence-electron chi connectivity index (χ2n) is 8.91. The third-order valence-corrected chi connectivity index (χ3v) is 7.17. The Morgan fingerprint density at radius 1 is 1.03 bits per heavy atom. The summed E-state index contributed by atoms with van der Waals surface area (Å²) in [5.41, 5.74) is 1.44. The van der Waals surface area contributed by atoms with Crippen molar-refractivity contribution in [1.82, 2.24) is 20.4 Å². The molecule has 8 nitrogen and oxygen atoms in total. The largest absolute Gasteiger partial charge is 0.483 e. The van der Waals surface area contributed by atoms with Gasteiger partial charge in [0.2, 0.25) is 0 Å². The molecular formula is C26H33Cl3N4O4. The van der Waals surface area contributed by atoms with Gasteiger partial charge in [-0.05, 0) is 42.3 Å². The lowest BCUT2D eigenvalue weighted by Gasteiger charge is -2.34. The van der Waals surface area contributed by atoms with Crippen LogP contribution in [0.15, 0.2) is 36.4 Å². The van der Waals surface area contributed by atoms with Gasteiger partial charge in [0.05, 0.1) is 28.3 Å². The zero-order valence-electron chi connectivity index (χ0n) is 20.8. The van der Waals surface area contributed by atoms with Crippen molar-refractivity contribution in [3.05, 3.63) is 62.6 Å². The summed E-state index contributed by atoms with van der Waals surface area (Å²) in [4.78, 5) is 29.6. The molecule has 1 unspecified atom stereocenters. The van der Waals surface area contributed by atoms with Crippen LogP contribution in [0, 0.1) is 0 Å². The van der Waals surface area contributed by atoms with Gasteiger partial charge in [-0.1, -0.05) is 47.8 Å². The Hall–Kier alpha value is -2.07. The Morgan fingerprint density at radius 3 is 2.43 bits per heavy atom. The number of piperazine rings is 1. The van der Waals surface area contributed by atoms with Crippen LogP contribution in [-0.4, -0.2) is 85.2 Å². The Morgan fingerprint density at radius 2 is 1.76 bits per heavy atom. The van der Waals surface area contributed by atoms with Crippen molar-refractivity contribution in [3.63, 3.8) is 0 Å². The first-order chi connectivity index (χ1) is 17.8. The minimum atomic E-state index is -0.384. The number of amides is 2. The van der Waals surface area contributed by atoms with Gasteiger partial charge in [-0.15, -0.1) is 0 Å². The van der Waals surface area contributed by atoms with E-state index in [0.717, 1.165) is 44.8 Å². The van der Waals surface area contributed by atoms with Crippen molar-refractivity contribution in [1.29, 1.82) is 0 Å². The lowest BCUT2D eigenvalue weighted by molar-refractivity contribution is -0.124. The molecule has 0 bridgehead atoms. The highest BCUT2D eigenvalue weighted by molar-refractivity contribution is 6.42. The Labute approximate surface area is 232 Å². The highest BCUT2D eigenvalue weighted by Crippen LogP contribution is 2.24. The van der Waals surface area contributed by atoms with Gasteiger partial charge in [0.15, 0.2) is 6.61 Å². The maximum Gasteiger partial charge on any atom is 0.258 e. The SMILES string of the molecule is CCC(CO)NC(=O)COc1cc(Cl)ccc1C(=O)NCCN1CCN(Cc2ccc(Cl)c(Cl)c2)CC1. The van der Waals surface area contributed by atoms with E-state index in [1.54, 1.807) is 12.1 Å². The van der Waals surface area contributed by atoms with E-state index in [1.807, 2.05) is 25.1 Å². The molecule has 37 heavy (non-hydrogen) atoms. The molecular weight excluding hydrogens is 539 g/mol. The van der Waals surface area contributed by atoms with Gasteiger partial charge in [-0.25, -0.2) is 0 Å². The smallest absolute Gasteiger partial charge is 0.258 e. The lowest BCUT2D eigenvalue weighted by atomic mass is 10.2. The van der Waals surface area contributed by atoms with E-state index >= 15 is 0 Å². The number of rotatable bonds is 12. The van der Waals surface area contributed by atoms with Crippen LogP contribution < -0.4 is 15.4 Å². The van der Waals surface area contributed by atoms with E-state index in [1.165, 1.54) is 6.07 Å². The number of carbonyl (C=O) groups is 2. The number of aliphatic hydroxyl groups excluding tert-OH is 1. The second kappa shape index (κ2) is 14.8. The van der Waals surface area contributed by atoms with E-state index in [-0.39, 0.29) is 36.8 Å². The molecule has 3 N–H and O–H groups in total. The van der Waals surface area contributed by atoms with Crippen LogP contribution >= 0.6 is 34.8 Å². The van der Waals surface area contributed by atoms with Gasteiger partial charge in [0.1, 0.15) is 5.75 Å². The summed E-state index contributed by atoms with van der Waals surface area (Å²) in [6.45, 7) is 7.06. The van der Waals surface area contributed by atoms with Gasteiger partial charge in [0.25, 0.3) is 11.8 Å². The highest BCUT2D eigenvalue weighted by Gasteiger charge is 2.19. The molecule has 3 rings (SSSR count). The summed E-state index contributed by atoms with van der Waals surface area (Å²) in [7, 11) is 0. The van der Waals surface area contributed by atoms with Gasteiger partial charge in [-0.3, -0.25) is 19.4 Å². The molecule has 2 aromatic carbocycles. The molecule has 1 atom stereocenters.